The predicted octanol–water partition coefficient (Wildman–Crippen LogP) is 1.92. The van der Waals surface area contributed by atoms with E-state index in [4.69, 9.17) is 21.1 Å². The van der Waals surface area contributed by atoms with Crippen LogP contribution in [0.3, 0.4) is 0 Å². The summed E-state index contributed by atoms with van der Waals surface area (Å²) >= 11 is 6.09. The van der Waals surface area contributed by atoms with Gasteiger partial charge in [0.1, 0.15) is 4.90 Å². The summed E-state index contributed by atoms with van der Waals surface area (Å²) in [5, 5.41) is 4.37. The molecule has 0 saturated heterocycles. The van der Waals surface area contributed by atoms with E-state index < -0.39 is 15.9 Å². The Labute approximate surface area is 149 Å². The standard InChI is InChI=1S/C15H16ClN3O5S/c1-4-18-11(10(16)7-17-18)8-19-15(20)9-5-12(23-2)13(24-3)6-14(9)25(19,21)22/h5-7H,4,8H2,1-3H3. The molecule has 0 saturated carbocycles. The van der Waals surface area contributed by atoms with Crippen LogP contribution in [0.15, 0.2) is 23.2 Å². The van der Waals surface area contributed by atoms with Crippen molar-refractivity contribution >= 4 is 27.5 Å². The lowest BCUT2D eigenvalue weighted by molar-refractivity contribution is 0.0862. The molecule has 0 N–H and O–H groups in total. The fourth-order valence-electron chi connectivity index (χ4n) is 2.71. The molecular formula is C15H16ClN3O5S. The summed E-state index contributed by atoms with van der Waals surface area (Å²) in [5.41, 5.74) is 0.490. The number of ether oxygens (including phenoxy) is 2. The third-order valence-electron chi connectivity index (χ3n) is 4.00. The van der Waals surface area contributed by atoms with Crippen LogP contribution in [0.4, 0.5) is 0 Å². The fraction of sp³-hybridized carbons (Fsp3) is 0.333. The van der Waals surface area contributed by atoms with E-state index in [1.807, 2.05) is 6.92 Å². The number of carbonyl (C=O) groups excluding carboxylic acids is 1. The minimum atomic E-state index is -4.02. The minimum Gasteiger partial charge on any atom is -0.493 e. The van der Waals surface area contributed by atoms with Crippen LogP contribution in [0.2, 0.25) is 5.02 Å². The van der Waals surface area contributed by atoms with Crippen LogP contribution in [-0.2, 0) is 23.1 Å². The Hall–Kier alpha value is -2.26. The van der Waals surface area contributed by atoms with Crippen molar-refractivity contribution in [1.29, 1.82) is 0 Å². The van der Waals surface area contributed by atoms with Gasteiger partial charge in [0.15, 0.2) is 11.5 Å². The van der Waals surface area contributed by atoms with E-state index >= 15 is 0 Å². The summed E-state index contributed by atoms with van der Waals surface area (Å²) in [6, 6.07) is 2.66. The number of aromatic nitrogens is 2. The molecule has 0 spiro atoms. The van der Waals surface area contributed by atoms with Crippen LogP contribution in [-0.4, -0.2) is 42.6 Å². The smallest absolute Gasteiger partial charge is 0.269 e. The molecule has 1 aromatic carbocycles. The number of halogens is 1. The molecule has 25 heavy (non-hydrogen) atoms. The summed E-state index contributed by atoms with van der Waals surface area (Å²) in [4.78, 5) is 12.6. The van der Waals surface area contributed by atoms with Crippen molar-refractivity contribution < 1.29 is 22.7 Å². The second-order valence-corrected chi connectivity index (χ2v) is 7.51. The van der Waals surface area contributed by atoms with Crippen molar-refractivity contribution in [3.05, 3.63) is 34.6 Å². The van der Waals surface area contributed by atoms with Gasteiger partial charge >= 0.3 is 0 Å². The Morgan fingerprint density at radius 2 is 1.84 bits per heavy atom. The molecule has 1 aromatic heterocycles. The average Bonchev–Trinajstić information content (AvgIpc) is 3.04. The molecular weight excluding hydrogens is 370 g/mol. The van der Waals surface area contributed by atoms with Crippen molar-refractivity contribution in [3.8, 4) is 11.5 Å². The van der Waals surface area contributed by atoms with Crippen molar-refractivity contribution in [2.24, 2.45) is 0 Å². The summed E-state index contributed by atoms with van der Waals surface area (Å²) in [6.07, 6.45) is 1.42. The lowest BCUT2D eigenvalue weighted by Crippen LogP contribution is -2.30. The van der Waals surface area contributed by atoms with Gasteiger partial charge in [-0.25, -0.2) is 12.7 Å². The van der Waals surface area contributed by atoms with E-state index in [1.165, 1.54) is 32.5 Å². The first-order valence-electron chi connectivity index (χ1n) is 7.38. The molecule has 3 rings (SSSR count). The second-order valence-electron chi connectivity index (χ2n) is 5.28. The first-order chi connectivity index (χ1) is 11.8. The van der Waals surface area contributed by atoms with Crippen LogP contribution < -0.4 is 9.47 Å². The number of hydrogen-bond donors (Lipinski definition) is 0. The Morgan fingerprint density at radius 1 is 1.20 bits per heavy atom. The van der Waals surface area contributed by atoms with Gasteiger partial charge in [0.2, 0.25) is 0 Å². The summed E-state index contributed by atoms with van der Waals surface area (Å²) in [5.74, 6) is -0.129. The van der Waals surface area contributed by atoms with E-state index in [0.717, 1.165) is 4.31 Å². The van der Waals surface area contributed by atoms with Gasteiger partial charge in [-0.1, -0.05) is 11.6 Å². The van der Waals surface area contributed by atoms with Crippen molar-refractivity contribution in [3.63, 3.8) is 0 Å². The SMILES string of the molecule is CCn1ncc(Cl)c1CN1C(=O)c2cc(OC)c(OC)cc2S1(=O)=O. The molecule has 2 aromatic rings. The zero-order valence-corrected chi connectivity index (χ0v) is 15.4. The number of fused-ring (bicyclic) bond motifs is 1. The molecule has 0 unspecified atom stereocenters. The largest absolute Gasteiger partial charge is 0.493 e. The molecule has 1 aliphatic heterocycles. The highest BCUT2D eigenvalue weighted by molar-refractivity contribution is 7.90. The molecule has 0 aliphatic carbocycles. The van der Waals surface area contributed by atoms with Crippen LogP contribution in [0.5, 0.6) is 11.5 Å². The number of rotatable bonds is 5. The van der Waals surface area contributed by atoms with Crippen LogP contribution in [0, 0.1) is 0 Å². The number of amides is 1. The molecule has 0 fully saturated rings. The molecule has 134 valence electrons. The van der Waals surface area contributed by atoms with E-state index in [2.05, 4.69) is 5.10 Å². The van der Waals surface area contributed by atoms with Crippen LogP contribution in [0.1, 0.15) is 23.0 Å². The van der Waals surface area contributed by atoms with E-state index in [0.29, 0.717) is 17.3 Å². The molecule has 1 amide bonds. The van der Waals surface area contributed by atoms with Gasteiger partial charge in [0, 0.05) is 12.6 Å². The maximum Gasteiger partial charge on any atom is 0.269 e. The quantitative estimate of drug-likeness (QED) is 0.781. The van der Waals surface area contributed by atoms with Crippen molar-refractivity contribution in [2.75, 3.05) is 14.2 Å². The highest BCUT2D eigenvalue weighted by Crippen LogP contribution is 2.39. The first kappa shape index (κ1) is 17.6. The van der Waals surface area contributed by atoms with E-state index in [1.54, 1.807) is 4.68 Å². The first-order valence-corrected chi connectivity index (χ1v) is 9.20. The number of nitrogens with zero attached hydrogens (tertiary/aromatic N) is 3. The Bertz CT molecular complexity index is 954. The zero-order valence-electron chi connectivity index (χ0n) is 13.8. The molecule has 1 aliphatic rings. The van der Waals surface area contributed by atoms with Gasteiger partial charge < -0.3 is 9.47 Å². The fourth-order valence-corrected chi connectivity index (χ4v) is 4.44. The van der Waals surface area contributed by atoms with Crippen molar-refractivity contribution in [2.45, 2.75) is 24.9 Å². The topological polar surface area (TPSA) is 90.7 Å². The number of sulfonamides is 1. The molecule has 2 heterocycles. The lowest BCUT2D eigenvalue weighted by atomic mass is 10.2. The van der Waals surface area contributed by atoms with Crippen molar-refractivity contribution in [1.82, 2.24) is 14.1 Å². The molecule has 10 heteroatoms. The number of aryl methyl sites for hydroxylation is 1. The van der Waals surface area contributed by atoms with Crippen LogP contribution in [0.25, 0.3) is 0 Å². The van der Waals surface area contributed by atoms with E-state index in [9.17, 15) is 13.2 Å². The monoisotopic (exact) mass is 385 g/mol. The summed E-state index contributed by atoms with van der Waals surface area (Å²) in [7, 11) is -1.22. The van der Waals surface area contributed by atoms with Gasteiger partial charge in [-0.15, -0.1) is 0 Å². The lowest BCUT2D eigenvalue weighted by Gasteiger charge is -2.16. The van der Waals surface area contributed by atoms with Gasteiger partial charge in [0.05, 0.1) is 43.2 Å². The average molecular weight is 386 g/mol. The second kappa shape index (κ2) is 6.23. The number of methoxy groups -OCH3 is 2. The predicted molar refractivity (Wildman–Crippen MR) is 89.5 cm³/mol. The van der Waals surface area contributed by atoms with Crippen LogP contribution >= 0.6 is 11.6 Å². The third-order valence-corrected chi connectivity index (χ3v) is 6.09. The van der Waals surface area contributed by atoms with Gasteiger partial charge in [-0.05, 0) is 13.0 Å². The number of benzene rings is 1. The maximum absolute atomic E-state index is 12.8. The third kappa shape index (κ3) is 2.63. The minimum absolute atomic E-state index is 0.0383. The molecule has 0 bridgehead atoms. The Balaban J connectivity index is 2.09. The normalized spacial score (nSPS) is 15.4. The van der Waals surface area contributed by atoms with Gasteiger partial charge in [-0.2, -0.15) is 5.10 Å². The highest BCUT2D eigenvalue weighted by Gasteiger charge is 2.43. The molecule has 0 radical (unpaired) electrons. The van der Waals surface area contributed by atoms with Gasteiger partial charge in [0.25, 0.3) is 15.9 Å². The summed E-state index contributed by atoms with van der Waals surface area (Å²) < 4.78 is 38.3. The molecule has 8 nitrogen and oxygen atoms in total. The van der Waals surface area contributed by atoms with E-state index in [-0.39, 0.29) is 28.5 Å². The number of hydrogen-bond acceptors (Lipinski definition) is 6. The zero-order chi connectivity index (χ0) is 18.4. The van der Waals surface area contributed by atoms with Gasteiger partial charge in [-0.3, -0.25) is 9.48 Å². The Morgan fingerprint density at radius 3 is 2.44 bits per heavy atom. The molecule has 0 atom stereocenters. The maximum atomic E-state index is 12.8. The summed E-state index contributed by atoms with van der Waals surface area (Å²) in [6.45, 7) is 2.14. The highest BCUT2D eigenvalue weighted by atomic mass is 35.5. The number of carbonyl (C=O) groups is 1. The Kier molecular flexibility index (Phi) is 4.38.